The lowest BCUT2D eigenvalue weighted by atomic mass is 9.76. The van der Waals surface area contributed by atoms with Crippen molar-refractivity contribution in [1.82, 2.24) is 0 Å². The first-order chi connectivity index (χ1) is 9.29. The fraction of sp³-hybridized carbons (Fsp3) is 1.00. The summed E-state index contributed by atoms with van der Waals surface area (Å²) in [6, 6.07) is 0. The third kappa shape index (κ3) is 10.7. The van der Waals surface area contributed by atoms with E-state index in [0.29, 0.717) is 5.41 Å². The Balaban J connectivity index is 3.82. The van der Waals surface area contributed by atoms with Gasteiger partial charge in [0.2, 0.25) is 0 Å². The van der Waals surface area contributed by atoms with Gasteiger partial charge in [-0.25, -0.2) is 0 Å². The van der Waals surface area contributed by atoms with Crippen LogP contribution in [0.5, 0.6) is 0 Å². The van der Waals surface area contributed by atoms with E-state index >= 15 is 0 Å². The predicted molar refractivity (Wildman–Crippen MR) is 94.2 cm³/mol. The summed E-state index contributed by atoms with van der Waals surface area (Å²) in [6.45, 7) is 16.7. The van der Waals surface area contributed by atoms with Crippen LogP contribution in [0.4, 0.5) is 0 Å². The molecular formula is C20H42. The lowest BCUT2D eigenvalue weighted by Crippen LogP contribution is -2.16. The first-order valence-corrected chi connectivity index (χ1v) is 9.29. The highest BCUT2D eigenvalue weighted by atomic mass is 14.3. The Hall–Kier alpha value is 0. The minimum Gasteiger partial charge on any atom is -0.0649 e. The zero-order valence-corrected chi connectivity index (χ0v) is 15.6. The van der Waals surface area contributed by atoms with Crippen LogP contribution in [-0.2, 0) is 0 Å². The Morgan fingerprint density at radius 3 is 1.75 bits per heavy atom. The zero-order valence-electron chi connectivity index (χ0n) is 15.6. The van der Waals surface area contributed by atoms with E-state index in [9.17, 15) is 0 Å². The van der Waals surface area contributed by atoms with Gasteiger partial charge in [0.05, 0.1) is 0 Å². The van der Waals surface area contributed by atoms with Crippen molar-refractivity contribution in [3.8, 4) is 0 Å². The normalized spacial score (nSPS) is 16.6. The van der Waals surface area contributed by atoms with Crippen molar-refractivity contribution >= 4 is 0 Å². The van der Waals surface area contributed by atoms with Crippen molar-refractivity contribution in [1.29, 1.82) is 0 Å². The molecule has 20 heavy (non-hydrogen) atoms. The summed E-state index contributed by atoms with van der Waals surface area (Å²) in [4.78, 5) is 0. The van der Waals surface area contributed by atoms with Crippen LogP contribution in [0.2, 0.25) is 0 Å². The molecule has 0 spiro atoms. The maximum atomic E-state index is 2.51. The van der Waals surface area contributed by atoms with Gasteiger partial charge < -0.3 is 0 Å². The van der Waals surface area contributed by atoms with Crippen molar-refractivity contribution in [2.45, 2.75) is 106 Å². The minimum atomic E-state index is 0.599. The number of hydrogen-bond acceptors (Lipinski definition) is 0. The van der Waals surface area contributed by atoms with Crippen molar-refractivity contribution in [3.05, 3.63) is 0 Å². The molecule has 0 nitrogen and oxygen atoms in total. The van der Waals surface area contributed by atoms with E-state index in [4.69, 9.17) is 0 Å². The Labute approximate surface area is 130 Å². The molecule has 0 radical (unpaired) electrons. The van der Waals surface area contributed by atoms with Gasteiger partial charge in [-0.15, -0.1) is 0 Å². The second-order valence-electron chi connectivity index (χ2n) is 8.42. The molecule has 0 fully saturated rings. The molecule has 0 heterocycles. The first-order valence-electron chi connectivity index (χ1n) is 9.29. The Morgan fingerprint density at radius 2 is 1.25 bits per heavy atom. The third-order valence-electron chi connectivity index (χ3n) is 5.13. The average Bonchev–Trinajstić information content (AvgIpc) is 2.36. The van der Waals surface area contributed by atoms with Crippen LogP contribution in [0, 0.1) is 23.2 Å². The lowest BCUT2D eigenvalue weighted by Gasteiger charge is -2.29. The van der Waals surface area contributed by atoms with Gasteiger partial charge in [-0.1, -0.05) is 93.4 Å². The molecule has 0 aromatic carbocycles. The van der Waals surface area contributed by atoms with E-state index in [1.807, 2.05) is 0 Å². The lowest BCUT2D eigenvalue weighted by molar-refractivity contribution is 0.226. The van der Waals surface area contributed by atoms with E-state index in [2.05, 4.69) is 48.5 Å². The van der Waals surface area contributed by atoms with E-state index < -0.39 is 0 Å². The molecule has 0 aromatic rings. The highest BCUT2D eigenvalue weighted by molar-refractivity contribution is 4.74. The zero-order chi connectivity index (χ0) is 15.6. The molecule has 0 N–H and O–H groups in total. The maximum absolute atomic E-state index is 2.51. The van der Waals surface area contributed by atoms with E-state index in [1.165, 1.54) is 57.8 Å². The molecule has 2 unspecified atom stereocenters. The van der Waals surface area contributed by atoms with Gasteiger partial charge in [-0.05, 0) is 36.0 Å². The predicted octanol–water partition coefficient (Wildman–Crippen LogP) is 7.47. The van der Waals surface area contributed by atoms with Crippen molar-refractivity contribution in [2.24, 2.45) is 23.2 Å². The van der Waals surface area contributed by atoms with Crippen LogP contribution < -0.4 is 0 Å². The molecule has 122 valence electrons. The number of rotatable bonds is 12. The van der Waals surface area contributed by atoms with Gasteiger partial charge in [-0.2, -0.15) is 0 Å². The molecule has 0 saturated heterocycles. The standard InChI is InChI=1S/C20H42/c1-8-20(7,16-14-18(4)5)15-10-13-19(6)12-9-11-17(2)3/h17-19H,8-16H2,1-7H3. The van der Waals surface area contributed by atoms with Gasteiger partial charge in [0.25, 0.3) is 0 Å². The first kappa shape index (κ1) is 20.0. The molecule has 0 bridgehead atoms. The molecule has 0 aliphatic carbocycles. The van der Waals surface area contributed by atoms with Gasteiger partial charge >= 0.3 is 0 Å². The smallest absolute Gasteiger partial charge is 0.0328 e. The molecule has 0 aromatic heterocycles. The van der Waals surface area contributed by atoms with Crippen molar-refractivity contribution in [3.63, 3.8) is 0 Å². The van der Waals surface area contributed by atoms with Crippen molar-refractivity contribution in [2.75, 3.05) is 0 Å². The van der Waals surface area contributed by atoms with Gasteiger partial charge in [0.15, 0.2) is 0 Å². The van der Waals surface area contributed by atoms with Crippen LogP contribution in [0.3, 0.4) is 0 Å². The summed E-state index contributed by atoms with van der Waals surface area (Å²) in [5.41, 5.74) is 0.599. The summed E-state index contributed by atoms with van der Waals surface area (Å²) >= 11 is 0. The SMILES string of the molecule is CCC(C)(CCCC(C)CCCC(C)C)CCC(C)C. The van der Waals surface area contributed by atoms with Crippen LogP contribution in [0.1, 0.15) is 106 Å². The Kier molecular flexibility index (Phi) is 10.7. The Bertz CT molecular complexity index is 216. The van der Waals surface area contributed by atoms with Gasteiger partial charge in [0, 0.05) is 0 Å². The largest absolute Gasteiger partial charge is 0.0649 e. The van der Waals surface area contributed by atoms with Crippen LogP contribution in [0.15, 0.2) is 0 Å². The topological polar surface area (TPSA) is 0 Å². The van der Waals surface area contributed by atoms with E-state index in [1.54, 1.807) is 0 Å². The fourth-order valence-electron chi connectivity index (χ4n) is 3.01. The maximum Gasteiger partial charge on any atom is -0.0328 e. The summed E-state index contributed by atoms with van der Waals surface area (Å²) in [5.74, 6) is 2.66. The second kappa shape index (κ2) is 10.7. The molecule has 0 aliphatic heterocycles. The third-order valence-corrected chi connectivity index (χ3v) is 5.13. The molecule has 2 atom stereocenters. The summed E-state index contributed by atoms with van der Waals surface area (Å²) in [5, 5.41) is 0. The highest BCUT2D eigenvalue weighted by Gasteiger charge is 2.21. The summed E-state index contributed by atoms with van der Waals surface area (Å²) in [6.07, 6.45) is 12.7. The average molecular weight is 283 g/mol. The Morgan fingerprint density at radius 1 is 0.700 bits per heavy atom. The summed E-state index contributed by atoms with van der Waals surface area (Å²) < 4.78 is 0. The van der Waals surface area contributed by atoms with Gasteiger partial charge in [0.1, 0.15) is 0 Å². The monoisotopic (exact) mass is 282 g/mol. The molecule has 0 saturated carbocycles. The fourth-order valence-corrected chi connectivity index (χ4v) is 3.01. The van der Waals surface area contributed by atoms with E-state index in [0.717, 1.165) is 17.8 Å². The van der Waals surface area contributed by atoms with Crippen LogP contribution in [-0.4, -0.2) is 0 Å². The molecule has 0 amide bonds. The van der Waals surface area contributed by atoms with Crippen molar-refractivity contribution < 1.29 is 0 Å². The van der Waals surface area contributed by atoms with Crippen LogP contribution in [0.25, 0.3) is 0 Å². The van der Waals surface area contributed by atoms with Gasteiger partial charge in [-0.3, -0.25) is 0 Å². The highest BCUT2D eigenvalue weighted by Crippen LogP contribution is 2.35. The molecule has 0 heteroatoms. The molecule has 0 aliphatic rings. The number of hydrogen-bond donors (Lipinski definition) is 0. The summed E-state index contributed by atoms with van der Waals surface area (Å²) in [7, 11) is 0. The van der Waals surface area contributed by atoms with Crippen LogP contribution >= 0.6 is 0 Å². The molecular weight excluding hydrogens is 240 g/mol. The second-order valence-corrected chi connectivity index (χ2v) is 8.42. The quantitative estimate of drug-likeness (QED) is 0.348. The minimum absolute atomic E-state index is 0.599. The van der Waals surface area contributed by atoms with E-state index in [-0.39, 0.29) is 0 Å². The molecule has 0 rings (SSSR count).